The number of benzene rings is 5. The SMILES string of the molecule is COC(=O)c1ccc2c(c1)CC[C@@H]2NC(=O)c1cc(C(=O)NCc2ccc3oc(C)c(C)c3c2)ncn1.COC(=O)c1ccc2c(c1)CC[C@@H]2NC(=O)c1cc(C(=O)O)ncn1.Cc1oc2ccc(CNC(=O)c3cc(C(=O)N[C@H]4CCc5cc(C(=O)O)ccc54)ncn3)cc2c1C. The van der Waals surface area contributed by atoms with Gasteiger partial charge in [-0.2, -0.15) is 0 Å². The van der Waals surface area contributed by atoms with Crippen LogP contribution in [-0.2, 0) is 41.8 Å². The van der Waals surface area contributed by atoms with Crippen LogP contribution in [0.25, 0.3) is 21.9 Å². The second-order valence-electron chi connectivity index (χ2n) is 23.5. The van der Waals surface area contributed by atoms with E-state index in [0.717, 1.165) is 114 Å². The average molecular weight is 1320 g/mol. The number of ether oxygens (including phenoxy) is 2. The van der Waals surface area contributed by atoms with Crippen molar-refractivity contribution in [3.8, 4) is 0 Å². The summed E-state index contributed by atoms with van der Waals surface area (Å²) in [6.07, 6.45) is 7.59. The van der Waals surface area contributed by atoms with Crippen LogP contribution in [0, 0.1) is 27.7 Å². The summed E-state index contributed by atoms with van der Waals surface area (Å²) < 4.78 is 20.9. The molecule has 5 heterocycles. The molecule has 26 heteroatoms. The molecule has 0 saturated carbocycles. The highest BCUT2D eigenvalue weighted by Gasteiger charge is 2.30. The van der Waals surface area contributed by atoms with Gasteiger partial charge in [0, 0.05) is 42.1 Å². The van der Waals surface area contributed by atoms with Gasteiger partial charge in [-0.1, -0.05) is 30.3 Å². The van der Waals surface area contributed by atoms with Gasteiger partial charge >= 0.3 is 23.9 Å². The van der Waals surface area contributed by atoms with Crippen LogP contribution in [0.2, 0.25) is 0 Å². The lowest BCUT2D eigenvalue weighted by Gasteiger charge is -2.14. The van der Waals surface area contributed by atoms with Gasteiger partial charge in [-0.05, 0) is 183 Å². The van der Waals surface area contributed by atoms with Crippen LogP contribution in [0.15, 0.2) is 137 Å². The molecule has 5 aromatic carbocycles. The second kappa shape index (κ2) is 29.1. The first kappa shape index (κ1) is 67.1. The molecule has 7 N–H and O–H groups in total. The Morgan fingerprint density at radius 3 is 1.11 bits per heavy atom. The van der Waals surface area contributed by atoms with Crippen molar-refractivity contribution < 1.29 is 71.7 Å². The van der Waals surface area contributed by atoms with Crippen LogP contribution in [0.1, 0.15) is 199 Å². The monoisotopic (exact) mass is 1320 g/mol. The Morgan fingerprint density at radius 1 is 0.418 bits per heavy atom. The lowest BCUT2D eigenvalue weighted by atomic mass is 10.0. The molecule has 3 aliphatic rings. The first-order chi connectivity index (χ1) is 47.1. The van der Waals surface area contributed by atoms with Gasteiger partial charge in [0.1, 0.15) is 70.1 Å². The minimum Gasteiger partial charge on any atom is -0.478 e. The van der Waals surface area contributed by atoms with Crippen molar-refractivity contribution in [3.63, 3.8) is 0 Å². The minimum atomic E-state index is -1.22. The molecule has 0 unspecified atom stereocenters. The van der Waals surface area contributed by atoms with Gasteiger partial charge in [-0.15, -0.1) is 0 Å². The second-order valence-corrected chi connectivity index (χ2v) is 23.5. The van der Waals surface area contributed by atoms with E-state index in [2.05, 4.69) is 56.5 Å². The molecule has 10 aromatic rings. The number of nitrogens with zero attached hydrogens (tertiary/aromatic N) is 6. The summed E-state index contributed by atoms with van der Waals surface area (Å²) in [6.45, 7) is 8.43. The van der Waals surface area contributed by atoms with E-state index in [4.69, 9.17) is 23.4 Å². The predicted molar refractivity (Wildman–Crippen MR) is 351 cm³/mol. The molecule has 98 heavy (non-hydrogen) atoms. The normalized spacial score (nSPS) is 14.6. The molecule has 5 amide bonds. The molecule has 0 bridgehead atoms. The summed E-state index contributed by atoms with van der Waals surface area (Å²) in [5.74, 6) is -3.39. The number of amides is 5. The van der Waals surface area contributed by atoms with Crippen LogP contribution in [-0.4, -0.2) is 108 Å². The molecule has 0 aliphatic heterocycles. The number of fused-ring (bicyclic) bond motifs is 5. The third kappa shape index (κ3) is 14.9. The van der Waals surface area contributed by atoms with E-state index in [1.165, 1.54) is 45.1 Å². The highest BCUT2D eigenvalue weighted by atomic mass is 16.5. The molecule has 0 radical (unpaired) electrons. The average Bonchev–Trinajstić information content (AvgIpc) is 1.66. The molecular weight excluding hydrogens is 1260 g/mol. The summed E-state index contributed by atoms with van der Waals surface area (Å²) in [4.78, 5) is 133. The largest absolute Gasteiger partial charge is 0.478 e. The maximum Gasteiger partial charge on any atom is 0.354 e. The van der Waals surface area contributed by atoms with Crippen molar-refractivity contribution in [1.29, 1.82) is 0 Å². The summed E-state index contributed by atoms with van der Waals surface area (Å²) in [5.41, 5.74) is 12.5. The number of hydrogen-bond donors (Lipinski definition) is 7. The number of methoxy groups -OCH3 is 2. The van der Waals surface area contributed by atoms with Crippen molar-refractivity contribution in [2.24, 2.45) is 0 Å². The zero-order valence-electron chi connectivity index (χ0n) is 53.9. The molecule has 0 spiro atoms. The van der Waals surface area contributed by atoms with Crippen molar-refractivity contribution in [3.05, 3.63) is 246 Å². The first-order valence-electron chi connectivity index (χ1n) is 31.1. The summed E-state index contributed by atoms with van der Waals surface area (Å²) in [5, 5.41) is 34.6. The number of carbonyl (C=O) groups excluding carboxylic acids is 7. The first-order valence-corrected chi connectivity index (χ1v) is 31.1. The topological polar surface area (TPSA) is 376 Å². The Hall–Kier alpha value is -12.4. The maximum absolute atomic E-state index is 12.9. The number of furan rings is 2. The van der Waals surface area contributed by atoms with E-state index in [-0.39, 0.29) is 57.9 Å². The molecular formula is C72H65N11O15. The smallest absolute Gasteiger partial charge is 0.354 e. The Labute approximate surface area is 559 Å². The Morgan fingerprint density at radius 2 is 0.755 bits per heavy atom. The fourth-order valence-electron chi connectivity index (χ4n) is 12.0. The van der Waals surface area contributed by atoms with Crippen molar-refractivity contribution in [2.45, 2.75) is 97.4 Å². The van der Waals surface area contributed by atoms with Crippen molar-refractivity contribution in [2.75, 3.05) is 14.2 Å². The summed E-state index contributed by atoms with van der Waals surface area (Å²) in [7, 11) is 2.67. The highest BCUT2D eigenvalue weighted by molar-refractivity contribution is 5.99. The number of carboxylic acids is 2. The third-order valence-corrected chi connectivity index (χ3v) is 17.4. The number of aromatic carboxylic acids is 2. The minimum absolute atomic E-state index is 0.00738. The molecule has 0 saturated heterocycles. The van der Waals surface area contributed by atoms with Gasteiger partial charge in [0.2, 0.25) is 0 Å². The number of rotatable bonds is 16. The van der Waals surface area contributed by atoms with E-state index in [0.29, 0.717) is 49.9 Å². The summed E-state index contributed by atoms with van der Waals surface area (Å²) in [6, 6.07) is 30.2. The fourth-order valence-corrected chi connectivity index (χ4v) is 12.0. The Kier molecular flexibility index (Phi) is 19.9. The molecule has 0 fully saturated rings. The van der Waals surface area contributed by atoms with Gasteiger partial charge in [0.25, 0.3) is 29.5 Å². The van der Waals surface area contributed by atoms with Gasteiger partial charge < -0.3 is 55.1 Å². The van der Waals surface area contributed by atoms with Crippen LogP contribution < -0.4 is 26.6 Å². The van der Waals surface area contributed by atoms with Gasteiger partial charge in [0.05, 0.1) is 49.0 Å². The lowest BCUT2D eigenvalue weighted by Crippen LogP contribution is -2.29. The molecule has 13 rings (SSSR count). The molecule has 26 nitrogen and oxygen atoms in total. The Bertz CT molecular complexity index is 4870. The molecule has 5 aromatic heterocycles. The van der Waals surface area contributed by atoms with E-state index >= 15 is 0 Å². The van der Waals surface area contributed by atoms with Crippen LogP contribution in [0.3, 0.4) is 0 Å². The quantitative estimate of drug-likeness (QED) is 0.0443. The number of aromatic nitrogens is 6. The van der Waals surface area contributed by atoms with Crippen molar-refractivity contribution >= 4 is 75.4 Å². The lowest BCUT2D eigenvalue weighted by molar-refractivity contribution is 0.0591. The van der Waals surface area contributed by atoms with Gasteiger partial charge in [-0.3, -0.25) is 24.0 Å². The number of aryl methyl sites for hydroxylation is 7. The number of hydrogen-bond acceptors (Lipinski definition) is 19. The number of carbonyl (C=O) groups is 9. The standard InChI is InChI=1S/C28H26N4O5.C27H24N4O5.C17H15N3O5/c1-15-16(2)37-25-9-4-17(10-21(15)25)13-29-26(33)23-12-24(31-14-30-23)27(34)32-22-8-6-18-11-19(28(35)36-3)5-7-20(18)22;1-14-15(2)36-24-8-3-16(9-20(14)24)12-28-25(32)22-11-23(30-13-29-22)26(33)31-21-7-5-17-10-18(27(34)35)4-6-19(17)21;1-25-17(24)10-2-4-11-9(6-10)3-5-12(11)20-15(21)13-7-14(16(22)23)19-8-18-13/h4-5,7,9-12,14,22H,6,8,13H2,1-3H3,(H,29,33)(H,32,34);3-4,6,8-11,13,21H,5,7,12H2,1-2H3,(H,28,32)(H,31,33)(H,34,35);2,4,6-8,12H,3,5H2,1H3,(H,20,21)(H,22,23)/t22-;21-;12-/m000/s1. The maximum atomic E-state index is 12.9. The van der Waals surface area contributed by atoms with Crippen LogP contribution in [0.5, 0.6) is 0 Å². The predicted octanol–water partition coefficient (Wildman–Crippen LogP) is 9.24. The zero-order valence-corrected chi connectivity index (χ0v) is 53.9. The third-order valence-electron chi connectivity index (χ3n) is 17.4. The van der Waals surface area contributed by atoms with E-state index in [1.807, 2.05) is 70.2 Å². The van der Waals surface area contributed by atoms with E-state index in [9.17, 15) is 48.3 Å². The zero-order chi connectivity index (χ0) is 69.5. The van der Waals surface area contributed by atoms with Crippen molar-refractivity contribution in [1.82, 2.24) is 56.5 Å². The number of carboxylic acid groups (broad SMARTS) is 2. The number of nitrogens with one attached hydrogen (secondary N) is 5. The fraction of sp³-hybridized carbons (Fsp3) is 0.236. The molecule has 3 aliphatic carbocycles. The van der Waals surface area contributed by atoms with Crippen LogP contribution >= 0.6 is 0 Å². The van der Waals surface area contributed by atoms with E-state index in [1.54, 1.807) is 42.5 Å². The van der Waals surface area contributed by atoms with E-state index < -0.39 is 53.4 Å². The highest BCUT2D eigenvalue weighted by Crippen LogP contribution is 2.35. The Balaban J connectivity index is 0.000000152. The van der Waals surface area contributed by atoms with Gasteiger partial charge in [-0.25, -0.2) is 49.1 Å². The van der Waals surface area contributed by atoms with Crippen LogP contribution in [0.4, 0.5) is 0 Å². The summed E-state index contributed by atoms with van der Waals surface area (Å²) >= 11 is 0. The molecule has 3 atom stereocenters. The van der Waals surface area contributed by atoms with Gasteiger partial charge in [0.15, 0.2) is 5.69 Å². The number of esters is 2. The molecule has 498 valence electrons.